The Bertz CT molecular complexity index is 503. The summed E-state index contributed by atoms with van der Waals surface area (Å²) in [5.41, 5.74) is 7.96. The first-order valence-electron chi connectivity index (χ1n) is 7.03. The van der Waals surface area contributed by atoms with Gasteiger partial charge in [-0.3, -0.25) is 0 Å². The number of rotatable bonds is 2. The van der Waals surface area contributed by atoms with E-state index in [1.807, 2.05) is 12.1 Å². The highest BCUT2D eigenvalue weighted by Crippen LogP contribution is 2.40. The molecule has 1 aliphatic heterocycles. The molecule has 0 amide bonds. The van der Waals surface area contributed by atoms with Crippen molar-refractivity contribution >= 4 is 34.5 Å². The fraction of sp³-hybridized carbons (Fsp3) is 0.533. The Hall–Kier alpha value is -0.800. The molecule has 0 aromatic heterocycles. The molecule has 2 nitrogen and oxygen atoms in total. The number of hydrogen-bond donors (Lipinski definition) is 1. The van der Waals surface area contributed by atoms with Crippen LogP contribution >= 0.6 is 23.8 Å². The molecule has 1 saturated carbocycles. The van der Waals surface area contributed by atoms with E-state index in [1.54, 1.807) is 0 Å². The Kier molecular flexibility index (Phi) is 3.68. The molecule has 0 bridgehead atoms. The van der Waals surface area contributed by atoms with E-state index in [0.29, 0.717) is 16.1 Å². The summed E-state index contributed by atoms with van der Waals surface area (Å²) in [4.78, 5) is 2.95. The third-order valence-corrected chi connectivity index (χ3v) is 5.00. The summed E-state index contributed by atoms with van der Waals surface area (Å²) in [6.45, 7) is 1.12. The number of anilines is 1. The smallest absolute Gasteiger partial charge is 0.106 e. The van der Waals surface area contributed by atoms with E-state index in [9.17, 15) is 0 Å². The molecular weight excluding hydrogens is 276 g/mol. The van der Waals surface area contributed by atoms with Crippen molar-refractivity contribution in [2.45, 2.75) is 38.1 Å². The maximum absolute atomic E-state index is 6.07. The van der Waals surface area contributed by atoms with E-state index in [2.05, 4.69) is 11.0 Å². The van der Waals surface area contributed by atoms with E-state index in [4.69, 9.17) is 29.6 Å². The molecule has 2 unspecified atom stereocenters. The van der Waals surface area contributed by atoms with Crippen molar-refractivity contribution in [2.75, 3.05) is 11.4 Å². The quantitative estimate of drug-likeness (QED) is 0.843. The Morgan fingerprint density at radius 1 is 1.26 bits per heavy atom. The van der Waals surface area contributed by atoms with E-state index >= 15 is 0 Å². The minimum atomic E-state index is 0.441. The van der Waals surface area contributed by atoms with E-state index in [-0.39, 0.29) is 0 Å². The Morgan fingerprint density at radius 2 is 2.05 bits per heavy atom. The van der Waals surface area contributed by atoms with Crippen LogP contribution in [0.3, 0.4) is 0 Å². The van der Waals surface area contributed by atoms with Crippen LogP contribution in [0.4, 0.5) is 5.69 Å². The average molecular weight is 295 g/mol. The fourth-order valence-corrected chi connectivity index (χ4v) is 4.00. The van der Waals surface area contributed by atoms with Crippen LogP contribution in [0.5, 0.6) is 0 Å². The van der Waals surface area contributed by atoms with E-state index in [0.717, 1.165) is 18.0 Å². The van der Waals surface area contributed by atoms with Gasteiger partial charge in [-0.15, -0.1) is 0 Å². The van der Waals surface area contributed by atoms with Gasteiger partial charge >= 0.3 is 0 Å². The molecule has 0 spiro atoms. The molecule has 19 heavy (non-hydrogen) atoms. The SMILES string of the molecule is NC(=S)c1cc(Cl)ccc1N1CCC2CCCCC21. The minimum absolute atomic E-state index is 0.441. The summed E-state index contributed by atoms with van der Waals surface area (Å²) in [5.74, 6) is 0.851. The summed E-state index contributed by atoms with van der Waals surface area (Å²) in [6, 6.07) is 6.58. The van der Waals surface area contributed by atoms with Gasteiger partial charge in [0.2, 0.25) is 0 Å². The minimum Gasteiger partial charge on any atom is -0.389 e. The van der Waals surface area contributed by atoms with Gasteiger partial charge in [-0.1, -0.05) is 36.7 Å². The summed E-state index contributed by atoms with van der Waals surface area (Å²) in [6.07, 6.45) is 6.69. The second kappa shape index (κ2) is 5.29. The van der Waals surface area contributed by atoms with Gasteiger partial charge in [-0.05, 0) is 43.4 Å². The normalized spacial score (nSPS) is 26.3. The predicted octanol–water partition coefficient (Wildman–Crippen LogP) is 3.74. The Labute approximate surface area is 124 Å². The summed E-state index contributed by atoms with van der Waals surface area (Å²) in [5, 5.41) is 0.700. The van der Waals surface area contributed by atoms with Crippen molar-refractivity contribution in [1.82, 2.24) is 0 Å². The zero-order valence-electron chi connectivity index (χ0n) is 10.9. The van der Waals surface area contributed by atoms with Crippen molar-refractivity contribution in [1.29, 1.82) is 0 Å². The Morgan fingerprint density at radius 3 is 2.84 bits per heavy atom. The lowest BCUT2D eigenvalue weighted by Crippen LogP contribution is -2.35. The molecular formula is C15H19ClN2S. The van der Waals surface area contributed by atoms with Crippen LogP contribution in [-0.2, 0) is 0 Å². The number of nitrogens with zero attached hydrogens (tertiary/aromatic N) is 1. The van der Waals surface area contributed by atoms with Gasteiger partial charge in [0, 0.05) is 28.9 Å². The third-order valence-electron chi connectivity index (χ3n) is 4.54. The lowest BCUT2D eigenvalue weighted by Gasteiger charge is -2.34. The number of benzene rings is 1. The van der Waals surface area contributed by atoms with Crippen molar-refractivity contribution in [3.05, 3.63) is 28.8 Å². The van der Waals surface area contributed by atoms with Gasteiger partial charge in [0.15, 0.2) is 0 Å². The lowest BCUT2D eigenvalue weighted by atomic mass is 9.85. The zero-order valence-corrected chi connectivity index (χ0v) is 12.5. The van der Waals surface area contributed by atoms with Gasteiger partial charge in [-0.25, -0.2) is 0 Å². The third kappa shape index (κ3) is 2.46. The molecule has 1 aromatic carbocycles. The van der Waals surface area contributed by atoms with Gasteiger partial charge in [0.05, 0.1) is 0 Å². The first-order chi connectivity index (χ1) is 9.16. The van der Waals surface area contributed by atoms with Crippen LogP contribution in [0.15, 0.2) is 18.2 Å². The molecule has 1 heterocycles. The highest BCUT2D eigenvalue weighted by atomic mass is 35.5. The van der Waals surface area contributed by atoms with Gasteiger partial charge in [0.1, 0.15) is 4.99 Å². The highest BCUT2D eigenvalue weighted by molar-refractivity contribution is 7.80. The van der Waals surface area contributed by atoms with Crippen LogP contribution in [-0.4, -0.2) is 17.6 Å². The highest BCUT2D eigenvalue weighted by Gasteiger charge is 2.36. The van der Waals surface area contributed by atoms with E-state index in [1.165, 1.54) is 37.8 Å². The van der Waals surface area contributed by atoms with Crippen LogP contribution in [0, 0.1) is 5.92 Å². The van der Waals surface area contributed by atoms with Crippen molar-refractivity contribution < 1.29 is 0 Å². The first kappa shape index (κ1) is 13.2. The molecule has 102 valence electrons. The second-order valence-corrected chi connectivity index (χ2v) is 6.50. The Balaban J connectivity index is 1.95. The van der Waals surface area contributed by atoms with Crippen LogP contribution < -0.4 is 10.6 Å². The second-order valence-electron chi connectivity index (χ2n) is 5.62. The first-order valence-corrected chi connectivity index (χ1v) is 7.81. The molecule has 2 aliphatic rings. The zero-order chi connectivity index (χ0) is 13.4. The fourth-order valence-electron chi connectivity index (χ4n) is 3.66. The molecule has 0 radical (unpaired) electrons. The van der Waals surface area contributed by atoms with E-state index < -0.39 is 0 Å². The number of thiocarbonyl (C=S) groups is 1. The van der Waals surface area contributed by atoms with Crippen LogP contribution in [0.1, 0.15) is 37.7 Å². The number of fused-ring (bicyclic) bond motifs is 1. The predicted molar refractivity (Wildman–Crippen MR) is 85.0 cm³/mol. The van der Waals surface area contributed by atoms with Crippen molar-refractivity contribution in [3.8, 4) is 0 Å². The maximum atomic E-state index is 6.07. The molecule has 1 aromatic rings. The number of hydrogen-bond acceptors (Lipinski definition) is 2. The van der Waals surface area contributed by atoms with Crippen LogP contribution in [0.2, 0.25) is 5.02 Å². The summed E-state index contributed by atoms with van der Waals surface area (Å²) in [7, 11) is 0. The largest absolute Gasteiger partial charge is 0.389 e. The molecule has 2 atom stereocenters. The molecule has 3 rings (SSSR count). The molecule has 2 fully saturated rings. The molecule has 2 N–H and O–H groups in total. The molecule has 4 heteroatoms. The standard InChI is InChI=1S/C15H19ClN2S/c16-11-5-6-14(12(9-11)15(17)19)18-8-7-10-3-1-2-4-13(10)18/h5-6,9-10,13H,1-4,7-8H2,(H2,17,19). The summed E-state index contributed by atoms with van der Waals surface area (Å²) < 4.78 is 0. The van der Waals surface area contributed by atoms with Gasteiger partial charge in [0.25, 0.3) is 0 Å². The molecule has 1 aliphatic carbocycles. The topological polar surface area (TPSA) is 29.3 Å². The van der Waals surface area contributed by atoms with Crippen LogP contribution in [0.25, 0.3) is 0 Å². The van der Waals surface area contributed by atoms with Gasteiger partial charge < -0.3 is 10.6 Å². The lowest BCUT2D eigenvalue weighted by molar-refractivity contribution is 0.342. The number of nitrogens with two attached hydrogens (primary N) is 1. The summed E-state index contributed by atoms with van der Waals surface area (Å²) >= 11 is 11.3. The molecule has 1 saturated heterocycles. The van der Waals surface area contributed by atoms with Crippen molar-refractivity contribution in [3.63, 3.8) is 0 Å². The number of halogens is 1. The average Bonchev–Trinajstić information content (AvgIpc) is 2.82. The monoisotopic (exact) mass is 294 g/mol. The van der Waals surface area contributed by atoms with Gasteiger partial charge in [-0.2, -0.15) is 0 Å². The van der Waals surface area contributed by atoms with Crippen molar-refractivity contribution in [2.24, 2.45) is 11.7 Å². The maximum Gasteiger partial charge on any atom is 0.106 e.